The van der Waals surface area contributed by atoms with Crippen LogP contribution in [0.3, 0.4) is 0 Å². The van der Waals surface area contributed by atoms with Crippen LogP contribution >= 0.6 is 0 Å². The molecule has 1 aliphatic rings. The number of hydrogen-bond acceptors (Lipinski definition) is 3. The molecule has 1 heterocycles. The molecule has 3 heteroatoms. The molecule has 0 spiro atoms. The normalized spacial score (nSPS) is 17.2. The molecule has 152 valence electrons. The highest BCUT2D eigenvalue weighted by molar-refractivity contribution is 5.69. The number of carbonyl (C=O) groups excluding carboxylic acids is 1. The number of carbonyl (C=O) groups is 1. The second-order valence-electron chi connectivity index (χ2n) is 7.65. The minimum atomic E-state index is -0.0573. The van der Waals surface area contributed by atoms with Gasteiger partial charge in [-0.15, -0.1) is 0 Å². The Morgan fingerprint density at radius 1 is 0.923 bits per heavy atom. The summed E-state index contributed by atoms with van der Waals surface area (Å²) in [4.78, 5) is 11.6. The quantitative estimate of drug-likeness (QED) is 0.162. The van der Waals surface area contributed by atoms with Crippen molar-refractivity contribution in [1.29, 1.82) is 0 Å². The number of unbranched alkanes of at least 4 members (excludes halogenated alkanes) is 11. The molecule has 0 radical (unpaired) electrons. The fourth-order valence-corrected chi connectivity index (χ4v) is 3.37. The highest BCUT2D eigenvalue weighted by Crippen LogP contribution is 2.13. The van der Waals surface area contributed by atoms with Crippen molar-refractivity contribution < 1.29 is 14.3 Å². The third-order valence-corrected chi connectivity index (χ3v) is 5.10. The predicted octanol–water partition coefficient (Wildman–Crippen LogP) is 6.75. The van der Waals surface area contributed by atoms with Gasteiger partial charge in [-0.2, -0.15) is 0 Å². The van der Waals surface area contributed by atoms with Crippen molar-refractivity contribution in [2.45, 2.75) is 116 Å². The van der Waals surface area contributed by atoms with Crippen molar-refractivity contribution in [3.05, 3.63) is 12.2 Å². The molecular formula is C23H42O3. The molecular weight excluding hydrogens is 324 g/mol. The molecule has 0 bridgehead atoms. The van der Waals surface area contributed by atoms with E-state index in [1.807, 2.05) is 0 Å². The number of ether oxygens (including phenoxy) is 2. The monoisotopic (exact) mass is 366 g/mol. The summed E-state index contributed by atoms with van der Waals surface area (Å²) in [5.74, 6) is -0.0573. The van der Waals surface area contributed by atoms with Crippen LogP contribution in [0.1, 0.15) is 110 Å². The van der Waals surface area contributed by atoms with E-state index in [1.54, 1.807) is 0 Å². The molecule has 0 aliphatic carbocycles. The van der Waals surface area contributed by atoms with Gasteiger partial charge in [-0.05, 0) is 44.9 Å². The first-order valence-corrected chi connectivity index (χ1v) is 11.2. The first kappa shape index (κ1) is 23.2. The van der Waals surface area contributed by atoms with Crippen molar-refractivity contribution in [2.75, 3.05) is 13.2 Å². The van der Waals surface area contributed by atoms with E-state index in [9.17, 15) is 4.79 Å². The average Bonchev–Trinajstić information content (AvgIpc) is 3.17. The molecule has 26 heavy (non-hydrogen) atoms. The molecule has 1 rings (SSSR count). The maximum atomic E-state index is 11.6. The van der Waals surface area contributed by atoms with Crippen LogP contribution in [0.5, 0.6) is 0 Å². The Kier molecular flexibility index (Phi) is 15.7. The van der Waals surface area contributed by atoms with Crippen LogP contribution in [0.15, 0.2) is 12.2 Å². The van der Waals surface area contributed by atoms with E-state index < -0.39 is 0 Å². The van der Waals surface area contributed by atoms with E-state index in [1.165, 1.54) is 70.6 Å². The summed E-state index contributed by atoms with van der Waals surface area (Å²) < 4.78 is 10.7. The van der Waals surface area contributed by atoms with Gasteiger partial charge in [0, 0.05) is 13.0 Å². The molecule has 0 aromatic rings. The Bertz CT molecular complexity index is 345. The summed E-state index contributed by atoms with van der Waals surface area (Å²) in [6.45, 7) is 3.53. The van der Waals surface area contributed by atoms with Gasteiger partial charge in [-0.3, -0.25) is 4.79 Å². The Balaban J connectivity index is 1.76. The lowest BCUT2D eigenvalue weighted by molar-refractivity contribution is -0.147. The number of rotatable bonds is 17. The predicted molar refractivity (Wildman–Crippen MR) is 109 cm³/mol. The van der Waals surface area contributed by atoms with Gasteiger partial charge in [0.15, 0.2) is 0 Å². The van der Waals surface area contributed by atoms with Gasteiger partial charge in [0.25, 0.3) is 0 Å². The van der Waals surface area contributed by atoms with Crippen molar-refractivity contribution in [2.24, 2.45) is 0 Å². The fraction of sp³-hybridized carbons (Fsp3) is 0.870. The highest BCUT2D eigenvalue weighted by Gasteiger charge is 2.17. The van der Waals surface area contributed by atoms with Gasteiger partial charge in [0.05, 0.1) is 6.10 Å². The van der Waals surface area contributed by atoms with Crippen LogP contribution in [0.2, 0.25) is 0 Å². The van der Waals surface area contributed by atoms with Gasteiger partial charge >= 0.3 is 5.97 Å². The van der Waals surface area contributed by atoms with Crippen LogP contribution in [0.25, 0.3) is 0 Å². The summed E-state index contributed by atoms with van der Waals surface area (Å²) in [6, 6.07) is 0. The third kappa shape index (κ3) is 14.4. The van der Waals surface area contributed by atoms with Crippen molar-refractivity contribution in [1.82, 2.24) is 0 Å². The maximum Gasteiger partial charge on any atom is 0.305 e. The van der Waals surface area contributed by atoms with Crippen LogP contribution in [0.4, 0.5) is 0 Å². The van der Waals surface area contributed by atoms with E-state index >= 15 is 0 Å². The Morgan fingerprint density at radius 2 is 1.54 bits per heavy atom. The molecule has 0 aromatic heterocycles. The second-order valence-corrected chi connectivity index (χ2v) is 7.65. The Morgan fingerprint density at radius 3 is 2.15 bits per heavy atom. The Hall–Kier alpha value is -0.830. The number of allylic oxidation sites excluding steroid dienone is 2. The number of hydrogen-bond donors (Lipinski definition) is 0. The standard InChI is InChI=1S/C23H42O3/c1-2-3-4-5-6-7-8-9-10-11-12-13-14-15-16-19-23(24)26-21-22-18-17-20-25-22/h9-10,22H,2-8,11-21H2,1H3/b10-9-. The van der Waals surface area contributed by atoms with E-state index in [-0.39, 0.29) is 12.1 Å². The van der Waals surface area contributed by atoms with Gasteiger partial charge in [0.2, 0.25) is 0 Å². The summed E-state index contributed by atoms with van der Waals surface area (Å²) in [7, 11) is 0. The van der Waals surface area contributed by atoms with Gasteiger partial charge in [0.1, 0.15) is 6.61 Å². The zero-order chi connectivity index (χ0) is 18.7. The van der Waals surface area contributed by atoms with E-state index in [4.69, 9.17) is 9.47 Å². The molecule has 0 saturated carbocycles. The lowest BCUT2D eigenvalue weighted by Gasteiger charge is -2.09. The molecule has 1 aliphatic heterocycles. The average molecular weight is 367 g/mol. The molecule has 1 saturated heterocycles. The molecule has 0 aromatic carbocycles. The molecule has 1 atom stereocenters. The minimum Gasteiger partial charge on any atom is -0.463 e. The van der Waals surface area contributed by atoms with Gasteiger partial charge < -0.3 is 9.47 Å². The van der Waals surface area contributed by atoms with Crippen LogP contribution in [0, 0.1) is 0 Å². The third-order valence-electron chi connectivity index (χ3n) is 5.10. The summed E-state index contributed by atoms with van der Waals surface area (Å²) >= 11 is 0. The topological polar surface area (TPSA) is 35.5 Å². The van der Waals surface area contributed by atoms with E-state index in [0.29, 0.717) is 13.0 Å². The second kappa shape index (κ2) is 17.6. The molecule has 1 unspecified atom stereocenters. The van der Waals surface area contributed by atoms with E-state index in [0.717, 1.165) is 32.3 Å². The van der Waals surface area contributed by atoms with Crippen molar-refractivity contribution in [3.8, 4) is 0 Å². The van der Waals surface area contributed by atoms with Gasteiger partial charge in [-0.1, -0.05) is 70.4 Å². The SMILES string of the molecule is CCCCCCCC/C=C\CCCCCCCC(=O)OCC1CCCO1. The lowest BCUT2D eigenvalue weighted by Crippen LogP contribution is -2.17. The lowest BCUT2D eigenvalue weighted by atomic mass is 10.1. The van der Waals surface area contributed by atoms with Crippen LogP contribution in [-0.4, -0.2) is 25.3 Å². The van der Waals surface area contributed by atoms with Crippen LogP contribution in [-0.2, 0) is 14.3 Å². The van der Waals surface area contributed by atoms with Crippen molar-refractivity contribution >= 4 is 5.97 Å². The summed E-state index contributed by atoms with van der Waals surface area (Å²) in [5, 5.41) is 0. The summed E-state index contributed by atoms with van der Waals surface area (Å²) in [6.07, 6.45) is 24.2. The van der Waals surface area contributed by atoms with Crippen molar-refractivity contribution in [3.63, 3.8) is 0 Å². The largest absolute Gasteiger partial charge is 0.463 e. The van der Waals surface area contributed by atoms with Gasteiger partial charge in [-0.25, -0.2) is 0 Å². The zero-order valence-electron chi connectivity index (χ0n) is 17.2. The highest BCUT2D eigenvalue weighted by atomic mass is 16.6. The smallest absolute Gasteiger partial charge is 0.305 e. The fourth-order valence-electron chi connectivity index (χ4n) is 3.37. The first-order chi connectivity index (χ1) is 12.8. The minimum absolute atomic E-state index is 0.0573. The molecule has 0 amide bonds. The molecule has 0 N–H and O–H groups in total. The number of esters is 1. The van der Waals surface area contributed by atoms with E-state index in [2.05, 4.69) is 19.1 Å². The molecule has 1 fully saturated rings. The maximum absolute atomic E-state index is 11.6. The molecule has 3 nitrogen and oxygen atoms in total. The summed E-state index contributed by atoms with van der Waals surface area (Å²) in [5.41, 5.74) is 0. The Labute approximate surface area is 161 Å². The zero-order valence-corrected chi connectivity index (χ0v) is 17.2. The first-order valence-electron chi connectivity index (χ1n) is 11.2. The van der Waals surface area contributed by atoms with Crippen LogP contribution < -0.4 is 0 Å².